The Balaban J connectivity index is 1.38. The molecule has 3 aliphatic heterocycles. The number of nitrogens with one attached hydrogen (secondary N) is 2. The minimum Gasteiger partial charge on any atom is -0.494 e. The number of fused-ring (bicyclic) bond motifs is 1. The predicted molar refractivity (Wildman–Crippen MR) is 114 cm³/mol. The number of anilines is 1. The molecular formula is C22H28N4O4. The minimum absolute atomic E-state index is 0.108. The fourth-order valence-electron chi connectivity index (χ4n) is 4.83. The molecule has 30 heavy (non-hydrogen) atoms. The molecule has 0 saturated carbocycles. The number of urea groups is 1. The Morgan fingerprint density at radius 3 is 2.87 bits per heavy atom. The molecule has 0 unspecified atom stereocenters. The molecular weight excluding hydrogens is 384 g/mol. The second-order valence-electron chi connectivity index (χ2n) is 8.39. The van der Waals surface area contributed by atoms with Gasteiger partial charge in [-0.25, -0.2) is 9.78 Å². The van der Waals surface area contributed by atoms with Crippen LogP contribution in [0, 0.1) is 5.41 Å². The van der Waals surface area contributed by atoms with Crippen LogP contribution in [0.15, 0.2) is 18.2 Å². The van der Waals surface area contributed by atoms with Crippen LogP contribution < -0.4 is 10.1 Å². The molecule has 0 radical (unpaired) electrons. The van der Waals surface area contributed by atoms with E-state index >= 15 is 0 Å². The monoisotopic (exact) mass is 412 g/mol. The number of benzene rings is 1. The Labute approximate surface area is 175 Å². The molecule has 160 valence electrons. The van der Waals surface area contributed by atoms with Gasteiger partial charge in [0.25, 0.3) is 0 Å². The predicted octanol–water partition coefficient (Wildman–Crippen LogP) is 3.41. The van der Waals surface area contributed by atoms with E-state index in [-0.39, 0.29) is 11.4 Å². The molecule has 2 amide bonds. The zero-order valence-corrected chi connectivity index (χ0v) is 17.3. The lowest BCUT2D eigenvalue weighted by molar-refractivity contribution is 0.0211. The number of likely N-dealkylation sites (tertiary alicyclic amines) is 1. The molecule has 8 heteroatoms. The lowest BCUT2D eigenvalue weighted by Crippen LogP contribution is -2.37. The second kappa shape index (κ2) is 7.92. The number of imidazole rings is 1. The van der Waals surface area contributed by atoms with Gasteiger partial charge in [0.05, 0.1) is 20.3 Å². The van der Waals surface area contributed by atoms with Crippen LogP contribution in [0.2, 0.25) is 0 Å². The van der Waals surface area contributed by atoms with E-state index in [4.69, 9.17) is 19.2 Å². The van der Waals surface area contributed by atoms with Crippen molar-refractivity contribution >= 4 is 28.6 Å². The van der Waals surface area contributed by atoms with Crippen molar-refractivity contribution in [1.29, 1.82) is 0 Å². The number of nitrogens with zero attached hydrogens (tertiary/aromatic N) is 2. The van der Waals surface area contributed by atoms with Crippen molar-refractivity contribution in [2.75, 3.05) is 51.9 Å². The maximum atomic E-state index is 12.9. The van der Waals surface area contributed by atoms with E-state index in [1.165, 1.54) is 5.57 Å². The first-order chi connectivity index (χ1) is 14.7. The average molecular weight is 412 g/mol. The van der Waals surface area contributed by atoms with Crippen molar-refractivity contribution < 1.29 is 19.0 Å². The molecule has 2 aromatic rings. The lowest BCUT2D eigenvalue weighted by Gasteiger charge is -2.33. The van der Waals surface area contributed by atoms with E-state index in [0.717, 1.165) is 68.6 Å². The third-order valence-electron chi connectivity index (χ3n) is 6.64. The standard InChI is InChI=1S/C22H28N4O4/c1-28-17-3-2-16(15-4-10-29-11-5-15)18-19(17)24-20(23-18)25-21(27)26-9-6-22(14-26)7-12-30-13-8-22/h2-4H,5-14H2,1H3,(H2,23,24,25,27). The van der Waals surface area contributed by atoms with Crippen molar-refractivity contribution in [3.63, 3.8) is 0 Å². The quantitative estimate of drug-likeness (QED) is 0.807. The third-order valence-corrected chi connectivity index (χ3v) is 6.64. The van der Waals surface area contributed by atoms with E-state index in [1.807, 2.05) is 17.0 Å². The summed E-state index contributed by atoms with van der Waals surface area (Å²) in [7, 11) is 1.64. The van der Waals surface area contributed by atoms with Crippen LogP contribution in [-0.2, 0) is 9.47 Å². The number of carbonyl (C=O) groups excluding carboxylic acids is 1. The molecule has 3 aliphatic rings. The van der Waals surface area contributed by atoms with E-state index in [9.17, 15) is 4.79 Å². The van der Waals surface area contributed by atoms with Gasteiger partial charge in [0.1, 0.15) is 16.8 Å². The van der Waals surface area contributed by atoms with E-state index in [0.29, 0.717) is 24.9 Å². The number of hydrogen-bond acceptors (Lipinski definition) is 5. The summed E-state index contributed by atoms with van der Waals surface area (Å²) >= 11 is 0. The number of amides is 2. The highest BCUT2D eigenvalue weighted by atomic mass is 16.5. The van der Waals surface area contributed by atoms with Crippen LogP contribution in [0.25, 0.3) is 16.6 Å². The van der Waals surface area contributed by atoms with Crippen molar-refractivity contribution in [3.8, 4) is 5.75 Å². The van der Waals surface area contributed by atoms with Gasteiger partial charge < -0.3 is 24.1 Å². The Bertz CT molecular complexity index is 977. The maximum Gasteiger partial charge on any atom is 0.324 e. The summed E-state index contributed by atoms with van der Waals surface area (Å²) in [5.41, 5.74) is 4.07. The number of rotatable bonds is 3. The number of carbonyl (C=O) groups is 1. The first-order valence-corrected chi connectivity index (χ1v) is 10.6. The number of aromatic amines is 1. The largest absolute Gasteiger partial charge is 0.494 e. The summed E-state index contributed by atoms with van der Waals surface area (Å²) in [6.45, 7) is 4.45. The molecule has 0 atom stereocenters. The van der Waals surface area contributed by atoms with Crippen molar-refractivity contribution in [2.45, 2.75) is 25.7 Å². The minimum atomic E-state index is -0.108. The van der Waals surface area contributed by atoms with Gasteiger partial charge in [-0.3, -0.25) is 5.32 Å². The van der Waals surface area contributed by atoms with Crippen LogP contribution in [0.3, 0.4) is 0 Å². The fourth-order valence-corrected chi connectivity index (χ4v) is 4.83. The maximum absolute atomic E-state index is 12.9. The molecule has 2 saturated heterocycles. The Morgan fingerprint density at radius 2 is 2.10 bits per heavy atom. The molecule has 2 fully saturated rings. The molecule has 0 aliphatic carbocycles. The molecule has 1 aromatic carbocycles. The Kier molecular flexibility index (Phi) is 5.12. The number of H-pyrrole nitrogens is 1. The topological polar surface area (TPSA) is 88.7 Å². The zero-order valence-electron chi connectivity index (χ0n) is 17.3. The highest BCUT2D eigenvalue weighted by Gasteiger charge is 2.41. The van der Waals surface area contributed by atoms with Crippen molar-refractivity contribution in [1.82, 2.24) is 14.9 Å². The smallest absolute Gasteiger partial charge is 0.324 e. The summed E-state index contributed by atoms with van der Waals surface area (Å²) in [4.78, 5) is 22.8. The summed E-state index contributed by atoms with van der Waals surface area (Å²) in [5.74, 6) is 1.15. The number of ether oxygens (including phenoxy) is 3. The highest BCUT2D eigenvalue weighted by Crippen LogP contribution is 2.40. The number of methoxy groups -OCH3 is 1. The molecule has 2 N–H and O–H groups in total. The van der Waals surface area contributed by atoms with Crippen molar-refractivity contribution in [2.24, 2.45) is 5.41 Å². The zero-order chi connectivity index (χ0) is 20.6. The highest BCUT2D eigenvalue weighted by molar-refractivity contribution is 5.96. The molecule has 1 aromatic heterocycles. The molecule has 5 rings (SSSR count). The van der Waals surface area contributed by atoms with Gasteiger partial charge in [-0.2, -0.15) is 0 Å². The van der Waals surface area contributed by atoms with Gasteiger partial charge in [-0.15, -0.1) is 0 Å². The molecule has 1 spiro atoms. The SMILES string of the molecule is COc1ccc(C2=CCOCC2)c2nc(NC(=O)N3CCC4(CCOCC4)C3)[nH]c12. The van der Waals surface area contributed by atoms with Gasteiger partial charge in [0.15, 0.2) is 0 Å². The summed E-state index contributed by atoms with van der Waals surface area (Å²) < 4.78 is 16.5. The van der Waals surface area contributed by atoms with Gasteiger partial charge in [0.2, 0.25) is 5.95 Å². The summed E-state index contributed by atoms with van der Waals surface area (Å²) in [6.07, 6.45) is 6.03. The van der Waals surface area contributed by atoms with E-state index in [2.05, 4.69) is 16.4 Å². The van der Waals surface area contributed by atoms with Crippen LogP contribution in [0.5, 0.6) is 5.75 Å². The Morgan fingerprint density at radius 1 is 1.23 bits per heavy atom. The normalized spacial score (nSPS) is 21.1. The molecule has 8 nitrogen and oxygen atoms in total. The van der Waals surface area contributed by atoms with Crippen molar-refractivity contribution in [3.05, 3.63) is 23.8 Å². The first kappa shape index (κ1) is 19.4. The van der Waals surface area contributed by atoms with Crippen LogP contribution in [-0.4, -0.2) is 67.5 Å². The van der Waals surface area contributed by atoms with Gasteiger partial charge in [0, 0.05) is 31.9 Å². The van der Waals surface area contributed by atoms with Crippen LogP contribution >= 0.6 is 0 Å². The molecule has 4 heterocycles. The third kappa shape index (κ3) is 3.54. The first-order valence-electron chi connectivity index (χ1n) is 10.6. The lowest BCUT2D eigenvalue weighted by atomic mass is 9.80. The van der Waals surface area contributed by atoms with E-state index < -0.39 is 0 Å². The summed E-state index contributed by atoms with van der Waals surface area (Å²) in [5, 5.41) is 2.97. The van der Waals surface area contributed by atoms with E-state index in [1.54, 1.807) is 7.11 Å². The van der Waals surface area contributed by atoms with Gasteiger partial charge in [-0.1, -0.05) is 6.08 Å². The second-order valence-corrected chi connectivity index (χ2v) is 8.39. The van der Waals surface area contributed by atoms with Crippen LogP contribution in [0.4, 0.5) is 10.7 Å². The van der Waals surface area contributed by atoms with Gasteiger partial charge in [-0.05, 0) is 48.8 Å². The Hall–Kier alpha value is -2.58. The average Bonchev–Trinajstić information content (AvgIpc) is 3.38. The fraction of sp³-hybridized carbons (Fsp3) is 0.545. The van der Waals surface area contributed by atoms with Gasteiger partial charge >= 0.3 is 6.03 Å². The number of hydrogen-bond donors (Lipinski definition) is 2. The summed E-state index contributed by atoms with van der Waals surface area (Å²) in [6, 6.07) is 3.86. The molecule has 0 bridgehead atoms. The van der Waals surface area contributed by atoms with Crippen LogP contribution in [0.1, 0.15) is 31.2 Å². The number of aromatic nitrogens is 2.